The molecule has 6 aromatic heterocycles. The normalized spacial score (nSPS) is 11.8. The Hall–Kier alpha value is -12.3. The Morgan fingerprint density at radius 1 is 0.245 bits per heavy atom. The summed E-state index contributed by atoms with van der Waals surface area (Å²) in [5, 5.41) is 9.05. The Labute approximate surface area is 543 Å². The summed E-state index contributed by atoms with van der Waals surface area (Å²) in [6, 6.07) is 108. The highest BCUT2D eigenvalue weighted by Crippen LogP contribution is 2.50. The van der Waals surface area contributed by atoms with E-state index in [-0.39, 0.29) is 0 Å². The molecule has 6 heterocycles. The second kappa shape index (κ2) is 21.7. The number of fused-ring (bicyclic) bond motifs is 12. The van der Waals surface area contributed by atoms with E-state index in [0.29, 0.717) is 0 Å². The zero-order valence-electron chi connectivity index (χ0n) is 52.4. The van der Waals surface area contributed by atoms with Crippen molar-refractivity contribution < 1.29 is 0 Å². The van der Waals surface area contributed by atoms with Gasteiger partial charge in [-0.2, -0.15) is 0 Å². The van der Waals surface area contributed by atoms with E-state index in [0.717, 1.165) is 156 Å². The van der Waals surface area contributed by atoms with Crippen molar-refractivity contribution in [1.29, 1.82) is 0 Å². The summed E-state index contributed by atoms with van der Waals surface area (Å²) in [6.45, 7) is 8.78. The van der Waals surface area contributed by atoms with Gasteiger partial charge in [-0.3, -0.25) is 14.1 Å². The molecule has 8 heteroatoms. The van der Waals surface area contributed by atoms with Crippen LogP contribution in [0.1, 0.15) is 22.3 Å². The summed E-state index contributed by atoms with van der Waals surface area (Å²) in [7, 11) is 0. The van der Waals surface area contributed by atoms with E-state index in [4.69, 9.17) is 9.97 Å². The molecule has 0 fully saturated rings. The maximum atomic E-state index is 6.58. The molecule has 0 saturated heterocycles. The second-order valence-electron chi connectivity index (χ2n) is 24.9. The lowest BCUT2D eigenvalue weighted by molar-refractivity contribution is 0.959. The molecule has 0 saturated carbocycles. The molecule has 18 rings (SSSR count). The molecule has 0 bridgehead atoms. The van der Waals surface area contributed by atoms with E-state index < -0.39 is 0 Å². The number of para-hydroxylation sites is 6. The SMILES string of the molecule is Cc1ccc2c(c1)c1cc(C)ccc1n2-c1nc(-n2c3ccccc3c3cc(N(c4ccccc4)c4ccccc4)ccc32)c(-n2c3ccc(C)cc3c3cc(C)ccc32)c(-c2ccccn2)c1-n1c2ccccc2c2cc(N(c3ccccc3)c3ccccc3)ccc21. The maximum absolute atomic E-state index is 6.58. The topological polar surface area (TPSA) is 52.0 Å². The zero-order valence-corrected chi connectivity index (χ0v) is 52.4. The molecule has 0 amide bonds. The minimum Gasteiger partial charge on any atom is -0.310 e. The van der Waals surface area contributed by atoms with Crippen LogP contribution in [0.5, 0.6) is 0 Å². The smallest absolute Gasteiger partial charge is 0.165 e. The first-order valence-corrected chi connectivity index (χ1v) is 32.2. The Balaban J connectivity index is 1.06. The highest BCUT2D eigenvalue weighted by atomic mass is 15.2. The molecular weight excluding hydrogens is 1150 g/mol. The van der Waals surface area contributed by atoms with Crippen molar-refractivity contribution in [3.05, 3.63) is 326 Å². The van der Waals surface area contributed by atoms with E-state index in [2.05, 4.69) is 347 Å². The minimum absolute atomic E-state index is 0.750. The third kappa shape index (κ3) is 8.60. The average Bonchev–Trinajstić information content (AvgIpc) is 1.47. The van der Waals surface area contributed by atoms with Gasteiger partial charge in [0.25, 0.3) is 0 Å². The van der Waals surface area contributed by atoms with Gasteiger partial charge < -0.3 is 18.9 Å². The third-order valence-electron chi connectivity index (χ3n) is 18.9. The van der Waals surface area contributed by atoms with Crippen LogP contribution in [0.15, 0.2) is 303 Å². The first kappa shape index (κ1) is 54.7. The van der Waals surface area contributed by atoms with E-state index in [1.54, 1.807) is 0 Å². The fraction of sp³-hybridized carbons (Fsp3) is 0.0465. The number of benzene rings is 12. The van der Waals surface area contributed by atoms with Gasteiger partial charge in [-0.15, -0.1) is 0 Å². The predicted octanol–water partition coefficient (Wildman–Crippen LogP) is 22.7. The zero-order chi connectivity index (χ0) is 62.7. The monoisotopic (exact) mass is 1210 g/mol. The number of aryl methyl sites for hydroxylation is 4. The lowest BCUT2D eigenvalue weighted by Gasteiger charge is -2.27. The first-order chi connectivity index (χ1) is 46.3. The predicted molar refractivity (Wildman–Crippen MR) is 393 cm³/mol. The van der Waals surface area contributed by atoms with Crippen LogP contribution in [0.3, 0.4) is 0 Å². The van der Waals surface area contributed by atoms with Crippen LogP contribution >= 0.6 is 0 Å². The largest absolute Gasteiger partial charge is 0.310 e. The molecule has 0 radical (unpaired) electrons. The fourth-order valence-corrected chi connectivity index (χ4v) is 14.9. The summed E-state index contributed by atoms with van der Waals surface area (Å²) in [5.41, 5.74) is 22.9. The second-order valence-corrected chi connectivity index (χ2v) is 24.9. The Bertz CT molecular complexity index is 5820. The van der Waals surface area contributed by atoms with E-state index in [1.165, 1.54) is 22.3 Å². The van der Waals surface area contributed by atoms with Crippen molar-refractivity contribution in [3.8, 4) is 34.3 Å². The van der Waals surface area contributed by atoms with E-state index in [1.807, 2.05) is 12.3 Å². The molecule has 8 nitrogen and oxygen atoms in total. The fourth-order valence-electron chi connectivity index (χ4n) is 14.9. The van der Waals surface area contributed by atoms with Gasteiger partial charge >= 0.3 is 0 Å². The molecule has 0 aliphatic rings. The number of rotatable bonds is 11. The molecule has 0 aliphatic carbocycles. The van der Waals surface area contributed by atoms with E-state index in [9.17, 15) is 0 Å². The van der Waals surface area contributed by atoms with Gasteiger partial charge in [0.05, 0.1) is 55.4 Å². The van der Waals surface area contributed by atoms with Crippen LogP contribution in [-0.2, 0) is 0 Å². The molecule has 0 aliphatic heterocycles. The highest BCUT2D eigenvalue weighted by molar-refractivity contribution is 6.17. The van der Waals surface area contributed by atoms with Crippen LogP contribution < -0.4 is 9.80 Å². The molecule has 18 aromatic rings. The number of aromatic nitrogens is 6. The van der Waals surface area contributed by atoms with Gasteiger partial charge in [0.1, 0.15) is 11.4 Å². The van der Waals surface area contributed by atoms with Crippen LogP contribution in [0.2, 0.25) is 0 Å². The molecule has 0 spiro atoms. The summed E-state index contributed by atoms with van der Waals surface area (Å²) < 4.78 is 9.90. The van der Waals surface area contributed by atoms with Crippen molar-refractivity contribution in [2.45, 2.75) is 27.7 Å². The van der Waals surface area contributed by atoms with Crippen LogP contribution in [-0.4, -0.2) is 28.2 Å². The van der Waals surface area contributed by atoms with Gasteiger partial charge in [0, 0.05) is 83.4 Å². The Kier molecular flexibility index (Phi) is 12.6. The number of nitrogens with zero attached hydrogens (tertiary/aromatic N) is 8. The summed E-state index contributed by atoms with van der Waals surface area (Å²) in [4.78, 5) is 16.8. The molecule has 446 valence electrons. The Morgan fingerprint density at radius 3 is 0.904 bits per heavy atom. The van der Waals surface area contributed by atoms with Gasteiger partial charge in [-0.05, 0) is 185 Å². The van der Waals surface area contributed by atoms with Gasteiger partial charge in [0.15, 0.2) is 11.6 Å². The summed E-state index contributed by atoms with van der Waals surface area (Å²) in [5.74, 6) is 1.50. The van der Waals surface area contributed by atoms with Gasteiger partial charge in [0.2, 0.25) is 0 Å². The number of hydrogen-bond acceptors (Lipinski definition) is 4. The first-order valence-electron chi connectivity index (χ1n) is 32.2. The van der Waals surface area contributed by atoms with Crippen molar-refractivity contribution in [3.63, 3.8) is 0 Å². The molecule has 0 N–H and O–H groups in total. The van der Waals surface area contributed by atoms with Gasteiger partial charge in [-0.1, -0.05) is 162 Å². The summed E-state index contributed by atoms with van der Waals surface area (Å²) in [6.07, 6.45) is 1.94. The quantitative estimate of drug-likeness (QED) is 0.129. The van der Waals surface area contributed by atoms with Crippen LogP contribution in [0, 0.1) is 27.7 Å². The number of anilines is 6. The Morgan fingerprint density at radius 2 is 0.543 bits per heavy atom. The van der Waals surface area contributed by atoms with Crippen LogP contribution in [0.4, 0.5) is 34.1 Å². The van der Waals surface area contributed by atoms with Crippen molar-refractivity contribution in [1.82, 2.24) is 28.2 Å². The van der Waals surface area contributed by atoms with Crippen molar-refractivity contribution in [2.24, 2.45) is 0 Å². The third-order valence-corrected chi connectivity index (χ3v) is 18.9. The van der Waals surface area contributed by atoms with Crippen molar-refractivity contribution >= 4 is 121 Å². The number of pyridine rings is 2. The maximum Gasteiger partial charge on any atom is 0.165 e. The minimum atomic E-state index is 0.750. The molecule has 94 heavy (non-hydrogen) atoms. The van der Waals surface area contributed by atoms with E-state index >= 15 is 0 Å². The molecule has 12 aromatic carbocycles. The molecule has 0 unspecified atom stereocenters. The number of hydrogen-bond donors (Lipinski definition) is 0. The van der Waals surface area contributed by atoms with Crippen LogP contribution in [0.25, 0.3) is 121 Å². The molecular formula is C86H62N8. The molecule has 0 atom stereocenters. The average molecular weight is 1210 g/mol. The van der Waals surface area contributed by atoms with Gasteiger partial charge in [-0.25, -0.2) is 4.98 Å². The lowest BCUT2D eigenvalue weighted by Crippen LogP contribution is -2.16. The van der Waals surface area contributed by atoms with Crippen molar-refractivity contribution in [2.75, 3.05) is 9.80 Å². The standard InChI is InChI=1S/C86H62N8/c1-55-36-42-76-67(49-55)68-50-56(2)37-43-77(68)92(76)84-82(73-33-21-22-48-87-73)83(91-74-34-19-17-31-65(74)71-53-63(40-46-78(71)91)89(59-23-9-5-10-24-59)60-25-11-6-12-26-60)86(94-79-44-38-57(3)51-69(79)70-52-58(4)39-45-80(70)94)88-85(84)93-75-35-20-18-32-66(75)72-54-64(41-47-81(72)93)90(61-27-13-7-14-28-61)62-29-15-8-16-30-62/h5-54H,1-4H3. The lowest BCUT2D eigenvalue weighted by atomic mass is 10.0. The summed E-state index contributed by atoms with van der Waals surface area (Å²) >= 11 is 0. The highest BCUT2D eigenvalue weighted by Gasteiger charge is 2.34.